The molecule has 0 aliphatic heterocycles. The van der Waals surface area contributed by atoms with E-state index in [1.165, 1.54) is 29.7 Å². The highest BCUT2D eigenvalue weighted by Gasteiger charge is 1.88. The van der Waals surface area contributed by atoms with Crippen molar-refractivity contribution in [2.75, 3.05) is 0 Å². The van der Waals surface area contributed by atoms with Gasteiger partial charge in [-0.3, -0.25) is 0 Å². The highest BCUT2D eigenvalue weighted by molar-refractivity contribution is 5.37. The quantitative estimate of drug-likeness (QED) is 0.619. The van der Waals surface area contributed by atoms with Crippen molar-refractivity contribution in [2.24, 2.45) is 0 Å². The van der Waals surface area contributed by atoms with Crippen LogP contribution in [-0.2, 0) is 0 Å². The van der Waals surface area contributed by atoms with Gasteiger partial charge in [0.2, 0.25) is 0 Å². The molecule has 0 saturated heterocycles. The van der Waals surface area contributed by atoms with Gasteiger partial charge in [0.25, 0.3) is 0 Å². The molecule has 0 bridgehead atoms. The second kappa shape index (κ2) is 15.0. The van der Waals surface area contributed by atoms with Gasteiger partial charge in [-0.15, -0.1) is 0 Å². The van der Waals surface area contributed by atoms with Gasteiger partial charge in [-0.05, 0) is 23.3 Å². The van der Waals surface area contributed by atoms with Crippen LogP contribution in [0.15, 0.2) is 24.3 Å². The smallest absolute Gasteiger partial charge is 0.0227 e. The fourth-order valence-corrected chi connectivity index (χ4v) is 1.36. The Hall–Kier alpha value is -1.04. The third kappa shape index (κ3) is 8.74. The maximum absolute atomic E-state index is 2.30. The summed E-state index contributed by atoms with van der Waals surface area (Å²) in [6.45, 7) is 12.2. The molecule has 2 rings (SSSR count). The van der Waals surface area contributed by atoms with Gasteiger partial charge >= 0.3 is 0 Å². The van der Waals surface area contributed by atoms with Crippen molar-refractivity contribution in [3.8, 4) is 0 Å². The number of benzene rings is 1. The fraction of sp³-hybridized carbons (Fsp3) is 0.529. The SMILES string of the molecule is C1=c2ccccc2=CCC1.CC.CC.CCC. The summed E-state index contributed by atoms with van der Waals surface area (Å²) in [5, 5.41) is 2.79. The van der Waals surface area contributed by atoms with Gasteiger partial charge in [-0.25, -0.2) is 0 Å². The lowest BCUT2D eigenvalue weighted by atomic mass is 10.1. The summed E-state index contributed by atoms with van der Waals surface area (Å²) < 4.78 is 0. The lowest BCUT2D eigenvalue weighted by molar-refractivity contribution is 1.09. The zero-order chi connectivity index (χ0) is 13.5. The molecule has 0 aromatic heterocycles. The largest absolute Gasteiger partial charge is 0.0764 e. The first kappa shape index (κ1) is 18.3. The first-order valence-corrected chi connectivity index (χ1v) is 7.14. The monoisotopic (exact) mass is 234 g/mol. The van der Waals surface area contributed by atoms with Gasteiger partial charge in [0.15, 0.2) is 0 Å². The average molecular weight is 234 g/mol. The number of hydrogen-bond acceptors (Lipinski definition) is 0. The van der Waals surface area contributed by atoms with Gasteiger partial charge in [0.05, 0.1) is 0 Å². The van der Waals surface area contributed by atoms with E-state index in [1.54, 1.807) is 0 Å². The fourth-order valence-electron chi connectivity index (χ4n) is 1.36. The standard InChI is InChI=1S/C10H10.C3H8.2C2H6/c1-2-6-10-8-4-3-7-9(10)5-1;1-3-2;2*1-2/h1-2,5-8H,3-4H2;3H2,1-2H3;2*1-2H3. The molecule has 0 amide bonds. The normalized spacial score (nSPS) is 10.5. The summed E-state index contributed by atoms with van der Waals surface area (Å²) in [5.41, 5.74) is 0. The van der Waals surface area contributed by atoms with Crippen molar-refractivity contribution in [3.63, 3.8) is 0 Å². The third-order valence-corrected chi connectivity index (χ3v) is 1.89. The maximum atomic E-state index is 2.30. The summed E-state index contributed by atoms with van der Waals surface area (Å²) in [6, 6.07) is 8.53. The van der Waals surface area contributed by atoms with E-state index >= 15 is 0 Å². The first-order chi connectivity index (χ1) is 8.38. The molecule has 0 spiro atoms. The van der Waals surface area contributed by atoms with E-state index in [2.05, 4.69) is 50.3 Å². The Balaban J connectivity index is 0. The molecule has 0 heteroatoms. The molecule has 1 aliphatic rings. The Morgan fingerprint density at radius 3 is 1.35 bits per heavy atom. The molecule has 0 heterocycles. The van der Waals surface area contributed by atoms with Crippen LogP contribution in [0.5, 0.6) is 0 Å². The molecule has 0 unspecified atom stereocenters. The molecule has 0 fully saturated rings. The molecule has 0 radical (unpaired) electrons. The van der Waals surface area contributed by atoms with Gasteiger partial charge < -0.3 is 0 Å². The Morgan fingerprint density at radius 2 is 1.06 bits per heavy atom. The van der Waals surface area contributed by atoms with Crippen LogP contribution in [0.3, 0.4) is 0 Å². The Labute approximate surface area is 108 Å². The van der Waals surface area contributed by atoms with Gasteiger partial charge in [0.1, 0.15) is 0 Å². The van der Waals surface area contributed by atoms with Crippen molar-refractivity contribution in [3.05, 3.63) is 34.7 Å². The van der Waals surface area contributed by atoms with Crippen LogP contribution in [0.1, 0.15) is 60.8 Å². The van der Waals surface area contributed by atoms with Crippen LogP contribution in [0, 0.1) is 0 Å². The number of hydrogen-bond donors (Lipinski definition) is 0. The lowest BCUT2D eigenvalue weighted by Crippen LogP contribution is -2.25. The Morgan fingerprint density at radius 1 is 0.765 bits per heavy atom. The second-order valence-corrected chi connectivity index (χ2v) is 3.32. The summed E-state index contributed by atoms with van der Waals surface area (Å²) in [6.07, 6.45) is 8.26. The van der Waals surface area contributed by atoms with E-state index in [-0.39, 0.29) is 0 Å². The van der Waals surface area contributed by atoms with Crippen molar-refractivity contribution in [1.82, 2.24) is 0 Å². The summed E-state index contributed by atoms with van der Waals surface area (Å²) in [7, 11) is 0. The van der Waals surface area contributed by atoms with E-state index in [9.17, 15) is 0 Å². The maximum Gasteiger partial charge on any atom is -0.0227 e. The van der Waals surface area contributed by atoms with E-state index in [0.717, 1.165) is 0 Å². The van der Waals surface area contributed by atoms with Crippen LogP contribution < -0.4 is 10.4 Å². The van der Waals surface area contributed by atoms with E-state index in [1.807, 2.05) is 27.7 Å². The van der Waals surface area contributed by atoms with Crippen LogP contribution in [0.25, 0.3) is 12.2 Å². The van der Waals surface area contributed by atoms with Crippen LogP contribution in [0.2, 0.25) is 0 Å². The lowest BCUT2D eigenvalue weighted by Gasteiger charge is -1.96. The zero-order valence-electron chi connectivity index (χ0n) is 12.6. The minimum absolute atomic E-state index is 1.21. The molecular weight excluding hydrogens is 204 g/mol. The Bertz CT molecular complexity index is 312. The van der Waals surface area contributed by atoms with Gasteiger partial charge in [0, 0.05) is 0 Å². The van der Waals surface area contributed by atoms with E-state index in [4.69, 9.17) is 0 Å². The first-order valence-electron chi connectivity index (χ1n) is 7.14. The number of rotatable bonds is 0. The summed E-state index contributed by atoms with van der Waals surface area (Å²) in [5.74, 6) is 0. The van der Waals surface area contributed by atoms with Crippen molar-refractivity contribution in [2.45, 2.75) is 60.8 Å². The predicted octanol–water partition coefficient (Wildman–Crippen LogP) is 4.51. The summed E-state index contributed by atoms with van der Waals surface area (Å²) >= 11 is 0. The highest BCUT2D eigenvalue weighted by Crippen LogP contribution is 1.93. The summed E-state index contributed by atoms with van der Waals surface area (Å²) in [4.78, 5) is 0. The number of fused-ring (bicyclic) bond motifs is 1. The van der Waals surface area contributed by atoms with E-state index in [0.29, 0.717) is 0 Å². The second-order valence-electron chi connectivity index (χ2n) is 3.32. The van der Waals surface area contributed by atoms with Crippen molar-refractivity contribution >= 4 is 12.2 Å². The molecule has 98 valence electrons. The topological polar surface area (TPSA) is 0 Å². The zero-order valence-corrected chi connectivity index (χ0v) is 12.6. The van der Waals surface area contributed by atoms with Gasteiger partial charge in [-0.1, -0.05) is 84.4 Å². The van der Waals surface area contributed by atoms with Crippen LogP contribution in [0.4, 0.5) is 0 Å². The minimum Gasteiger partial charge on any atom is -0.0764 e. The molecular formula is C17H30. The van der Waals surface area contributed by atoms with Crippen LogP contribution >= 0.6 is 0 Å². The molecule has 17 heavy (non-hydrogen) atoms. The molecule has 0 nitrogen and oxygen atoms in total. The van der Waals surface area contributed by atoms with Crippen molar-refractivity contribution < 1.29 is 0 Å². The molecule has 0 saturated carbocycles. The Kier molecular flexibility index (Phi) is 16.1. The molecule has 0 N–H and O–H groups in total. The average Bonchev–Trinajstić information content (AvgIpc) is 2.44. The van der Waals surface area contributed by atoms with E-state index < -0.39 is 0 Å². The third-order valence-electron chi connectivity index (χ3n) is 1.89. The highest BCUT2D eigenvalue weighted by atomic mass is 13.9. The predicted molar refractivity (Wildman–Crippen MR) is 82.5 cm³/mol. The molecule has 1 aromatic carbocycles. The van der Waals surface area contributed by atoms with Crippen molar-refractivity contribution in [1.29, 1.82) is 0 Å². The molecule has 0 atom stereocenters. The molecule has 1 aliphatic carbocycles. The minimum atomic E-state index is 1.21. The van der Waals surface area contributed by atoms with Crippen LogP contribution in [-0.4, -0.2) is 0 Å². The van der Waals surface area contributed by atoms with Gasteiger partial charge in [-0.2, -0.15) is 0 Å². The molecule has 1 aromatic rings.